The Morgan fingerprint density at radius 3 is 2.30 bits per heavy atom. The van der Waals surface area contributed by atoms with Crippen molar-refractivity contribution in [2.24, 2.45) is 0 Å². The predicted octanol–water partition coefficient (Wildman–Crippen LogP) is 2.96. The second-order valence-electron chi connectivity index (χ2n) is 5.82. The van der Waals surface area contributed by atoms with Gasteiger partial charge in [-0.2, -0.15) is 4.74 Å². The number of methoxy groups -OCH3 is 1. The molecule has 120 valence electrons. The van der Waals surface area contributed by atoms with Gasteiger partial charge in [0, 0.05) is 18.1 Å². The maximum absolute atomic E-state index is 13.1. The molecular formula is C18H20N2O3. The van der Waals surface area contributed by atoms with Gasteiger partial charge in [0.2, 0.25) is 5.71 Å². The Hall–Kier alpha value is -2.37. The van der Waals surface area contributed by atoms with Crippen molar-refractivity contribution >= 4 is 5.71 Å². The minimum absolute atomic E-state index is 0.425. The second kappa shape index (κ2) is 5.68. The number of hydrogen-bond donors (Lipinski definition) is 1. The van der Waals surface area contributed by atoms with Gasteiger partial charge in [0.15, 0.2) is 0 Å². The van der Waals surface area contributed by atoms with E-state index in [1.165, 1.54) is 0 Å². The van der Waals surface area contributed by atoms with E-state index in [1.54, 1.807) is 14.0 Å². The van der Waals surface area contributed by atoms with Crippen LogP contribution in [0.2, 0.25) is 0 Å². The zero-order valence-electron chi connectivity index (χ0n) is 13.4. The molecule has 1 aliphatic rings. The van der Waals surface area contributed by atoms with Crippen molar-refractivity contribution in [2.45, 2.75) is 25.6 Å². The third-order valence-electron chi connectivity index (χ3n) is 4.53. The first kappa shape index (κ1) is 15.5. The topological polar surface area (TPSA) is 58.8 Å². The molecule has 1 aliphatic heterocycles. The third-order valence-corrected chi connectivity index (χ3v) is 4.53. The fraction of sp³-hybridized carbons (Fsp3) is 0.278. The lowest BCUT2D eigenvalue weighted by Crippen LogP contribution is -2.45. The van der Waals surface area contributed by atoms with Crippen molar-refractivity contribution in [1.82, 2.24) is 5.06 Å². The highest BCUT2D eigenvalue weighted by molar-refractivity contribution is 6.01. The molecule has 5 nitrogen and oxygen atoms in total. The Bertz CT molecular complexity index is 728. The molecule has 0 saturated carbocycles. The summed E-state index contributed by atoms with van der Waals surface area (Å²) in [6.07, 6.45) is 0. The van der Waals surface area contributed by atoms with E-state index >= 15 is 0 Å². The largest absolute Gasteiger partial charge is 0.622 e. The van der Waals surface area contributed by atoms with Crippen molar-refractivity contribution in [3.63, 3.8) is 0 Å². The zero-order valence-corrected chi connectivity index (χ0v) is 13.4. The van der Waals surface area contributed by atoms with Crippen LogP contribution in [0.25, 0.3) is 0 Å². The quantitative estimate of drug-likeness (QED) is 0.699. The highest BCUT2D eigenvalue weighted by Crippen LogP contribution is 2.36. The molecule has 1 heterocycles. The zero-order chi connectivity index (χ0) is 16.6. The molecule has 0 aliphatic carbocycles. The lowest BCUT2D eigenvalue weighted by Gasteiger charge is -2.29. The first-order chi connectivity index (χ1) is 11.0. The Labute approximate surface area is 135 Å². The second-order valence-corrected chi connectivity index (χ2v) is 5.82. The van der Waals surface area contributed by atoms with Gasteiger partial charge in [-0.25, -0.2) is 0 Å². The van der Waals surface area contributed by atoms with Gasteiger partial charge in [-0.05, 0) is 31.2 Å². The maximum atomic E-state index is 13.1. The van der Waals surface area contributed by atoms with Crippen molar-refractivity contribution in [1.29, 1.82) is 0 Å². The van der Waals surface area contributed by atoms with Crippen LogP contribution >= 0.6 is 0 Å². The Morgan fingerprint density at radius 1 is 1.13 bits per heavy atom. The lowest BCUT2D eigenvalue weighted by atomic mass is 10.0. The van der Waals surface area contributed by atoms with Gasteiger partial charge in [0.1, 0.15) is 11.8 Å². The van der Waals surface area contributed by atoms with Crippen molar-refractivity contribution < 1.29 is 14.7 Å². The summed E-state index contributed by atoms with van der Waals surface area (Å²) in [4.78, 5) is 0. The normalized spacial score (nSPS) is 25.0. The summed E-state index contributed by atoms with van der Waals surface area (Å²) >= 11 is 0. The average molecular weight is 312 g/mol. The molecule has 0 fully saturated rings. The van der Waals surface area contributed by atoms with Crippen molar-refractivity contribution in [3.8, 4) is 5.75 Å². The molecule has 3 rings (SSSR count). The van der Waals surface area contributed by atoms with Gasteiger partial charge in [-0.1, -0.05) is 30.3 Å². The molecule has 0 bridgehead atoms. The first-order valence-electron chi connectivity index (χ1n) is 7.52. The van der Waals surface area contributed by atoms with Gasteiger partial charge in [0.05, 0.1) is 7.11 Å². The molecule has 0 amide bonds. The van der Waals surface area contributed by atoms with E-state index in [-0.39, 0.29) is 0 Å². The van der Waals surface area contributed by atoms with Gasteiger partial charge >= 0.3 is 0 Å². The summed E-state index contributed by atoms with van der Waals surface area (Å²) in [7, 11) is 1.60. The van der Waals surface area contributed by atoms with E-state index in [4.69, 9.17) is 4.74 Å². The Balaban J connectivity index is 2.12. The fourth-order valence-electron chi connectivity index (χ4n) is 3.11. The van der Waals surface area contributed by atoms with Crippen LogP contribution in [0, 0.1) is 5.21 Å². The first-order valence-corrected chi connectivity index (χ1v) is 7.52. The minimum Gasteiger partial charge on any atom is -0.622 e. The van der Waals surface area contributed by atoms with Gasteiger partial charge < -0.3 is 15.2 Å². The Morgan fingerprint density at radius 2 is 1.74 bits per heavy atom. The number of nitrogens with zero attached hydrogens (tertiary/aromatic N) is 2. The highest BCUT2D eigenvalue weighted by Gasteiger charge is 2.54. The SMILES string of the molecule is COc1ccc(C2=[N+]([O-])[C@](C)(c3ccccc3)N(O)[C@@H]2C)cc1. The number of benzene rings is 2. The number of hydroxylamine groups is 3. The van der Waals surface area contributed by atoms with Gasteiger partial charge in [0.25, 0.3) is 5.66 Å². The van der Waals surface area contributed by atoms with Crippen LogP contribution in [0.3, 0.4) is 0 Å². The van der Waals surface area contributed by atoms with Crippen LogP contribution in [0.1, 0.15) is 25.0 Å². The van der Waals surface area contributed by atoms with Crippen molar-refractivity contribution in [2.75, 3.05) is 7.11 Å². The summed E-state index contributed by atoms with van der Waals surface area (Å²) in [5.41, 5.74) is 0.886. The molecule has 0 aromatic heterocycles. The molecule has 23 heavy (non-hydrogen) atoms. The molecular weight excluding hydrogens is 292 g/mol. The summed E-state index contributed by atoms with van der Waals surface area (Å²) < 4.78 is 6.05. The Kier molecular flexibility index (Phi) is 3.83. The van der Waals surface area contributed by atoms with Gasteiger partial charge in [-0.15, -0.1) is 5.06 Å². The summed E-state index contributed by atoms with van der Waals surface area (Å²) in [6, 6.07) is 16.2. The summed E-state index contributed by atoms with van der Waals surface area (Å²) in [5.74, 6) is 0.726. The van der Waals surface area contributed by atoms with Crippen LogP contribution in [-0.4, -0.2) is 33.9 Å². The van der Waals surface area contributed by atoms with E-state index < -0.39 is 11.7 Å². The monoisotopic (exact) mass is 312 g/mol. The van der Waals surface area contributed by atoms with Crippen LogP contribution in [0.4, 0.5) is 0 Å². The molecule has 0 unspecified atom stereocenters. The number of hydrogen-bond acceptors (Lipinski definition) is 4. The minimum atomic E-state index is -1.16. The molecule has 2 atom stereocenters. The molecule has 5 heteroatoms. The smallest absolute Gasteiger partial charge is 0.274 e. The van der Waals surface area contributed by atoms with E-state index in [0.717, 1.165) is 26.7 Å². The molecule has 2 aromatic carbocycles. The maximum Gasteiger partial charge on any atom is 0.274 e. The average Bonchev–Trinajstić information content (AvgIpc) is 2.77. The van der Waals surface area contributed by atoms with E-state index in [0.29, 0.717) is 5.71 Å². The molecule has 0 radical (unpaired) electrons. The molecule has 0 saturated heterocycles. The van der Waals surface area contributed by atoms with E-state index in [9.17, 15) is 10.4 Å². The predicted molar refractivity (Wildman–Crippen MR) is 87.6 cm³/mol. The van der Waals surface area contributed by atoms with E-state index in [1.807, 2.05) is 61.5 Å². The van der Waals surface area contributed by atoms with Crippen LogP contribution in [0.15, 0.2) is 54.6 Å². The standard InChI is InChI=1S/C18H20N2O3/c1-13-17(14-9-11-16(23-3)12-10-14)20(22)18(2,19(13)21)15-7-5-4-6-8-15/h4-13,21H,1-3H3/t13-,18-/m1/s1. The van der Waals surface area contributed by atoms with Crippen LogP contribution < -0.4 is 4.74 Å². The molecule has 2 aromatic rings. The lowest BCUT2D eigenvalue weighted by molar-refractivity contribution is -0.595. The fourth-order valence-corrected chi connectivity index (χ4v) is 3.11. The van der Waals surface area contributed by atoms with Crippen molar-refractivity contribution in [3.05, 3.63) is 70.9 Å². The van der Waals surface area contributed by atoms with E-state index in [2.05, 4.69) is 0 Å². The molecule has 0 spiro atoms. The number of ether oxygens (including phenoxy) is 1. The molecule has 1 N–H and O–H groups in total. The van der Waals surface area contributed by atoms with Gasteiger partial charge in [-0.3, -0.25) is 0 Å². The summed E-state index contributed by atoms with van der Waals surface area (Å²) in [6.45, 7) is 3.54. The highest BCUT2D eigenvalue weighted by atomic mass is 16.6. The summed E-state index contributed by atoms with van der Waals surface area (Å²) in [5, 5.41) is 24.8. The van der Waals surface area contributed by atoms with Crippen LogP contribution in [0.5, 0.6) is 5.75 Å². The third kappa shape index (κ3) is 2.29. The van der Waals surface area contributed by atoms with Crippen LogP contribution in [-0.2, 0) is 5.66 Å². The number of rotatable bonds is 3.